The van der Waals surface area contributed by atoms with Crippen LogP contribution in [0.1, 0.15) is 44.1 Å². The highest BCUT2D eigenvalue weighted by molar-refractivity contribution is 5.91. The Morgan fingerprint density at radius 2 is 1.58 bits per heavy atom. The fraction of sp³-hybridized carbons (Fsp3) is 0.545. The van der Waals surface area contributed by atoms with Crippen LogP contribution in [0, 0.1) is 5.41 Å². The molecule has 0 heterocycles. The Labute approximate surface area is 194 Å². The number of nitrogens with one attached hydrogen (secondary N) is 4. The number of carboxylic acid groups (broad SMARTS) is 1. The van der Waals surface area contributed by atoms with Crippen molar-refractivity contribution in [3.63, 3.8) is 0 Å². The van der Waals surface area contributed by atoms with Gasteiger partial charge in [0.2, 0.25) is 11.8 Å². The first kappa shape index (κ1) is 27.9. The van der Waals surface area contributed by atoms with E-state index in [0.717, 1.165) is 5.56 Å². The number of hydrogen-bond donors (Lipinski definition) is 8. The maximum atomic E-state index is 12.8. The minimum atomic E-state index is -1.15. The molecule has 33 heavy (non-hydrogen) atoms. The minimum Gasteiger partial charge on any atom is -0.480 e. The highest BCUT2D eigenvalue weighted by Crippen LogP contribution is 2.07. The first-order chi connectivity index (χ1) is 15.7. The van der Waals surface area contributed by atoms with Crippen molar-refractivity contribution in [3.8, 4) is 0 Å². The zero-order valence-electron chi connectivity index (χ0n) is 18.9. The van der Waals surface area contributed by atoms with Gasteiger partial charge in [-0.05, 0) is 57.1 Å². The third kappa shape index (κ3) is 11.9. The van der Waals surface area contributed by atoms with E-state index in [1.54, 1.807) is 0 Å². The number of carboxylic acids is 1. The predicted molar refractivity (Wildman–Crippen MR) is 126 cm³/mol. The number of carbonyl (C=O) groups excluding carboxylic acids is 2. The Balaban J connectivity index is 2.73. The summed E-state index contributed by atoms with van der Waals surface area (Å²) >= 11 is 0. The molecule has 0 aliphatic heterocycles. The number of carbonyl (C=O) groups is 3. The molecule has 184 valence electrons. The van der Waals surface area contributed by atoms with Crippen LogP contribution in [0.25, 0.3) is 0 Å². The van der Waals surface area contributed by atoms with Crippen molar-refractivity contribution in [1.82, 2.24) is 16.0 Å². The summed E-state index contributed by atoms with van der Waals surface area (Å²) in [5.41, 5.74) is 17.8. The third-order valence-electron chi connectivity index (χ3n) is 5.10. The maximum absolute atomic E-state index is 12.8. The van der Waals surface area contributed by atoms with Gasteiger partial charge >= 0.3 is 5.97 Å². The van der Waals surface area contributed by atoms with Crippen LogP contribution in [0.2, 0.25) is 0 Å². The van der Waals surface area contributed by atoms with E-state index in [1.807, 2.05) is 30.3 Å². The van der Waals surface area contributed by atoms with Crippen molar-refractivity contribution in [2.45, 2.75) is 63.1 Å². The summed E-state index contributed by atoms with van der Waals surface area (Å²) < 4.78 is 0. The molecule has 1 rings (SSSR count). The standard InChI is InChI=1S/C22H37N7O4/c23-13-5-4-9-18(21(32)33)29-20(31)17(10-6-14-27-22(25)26)28-19(30)16(24)12-11-15-7-2-1-3-8-15/h1-3,7-8,16-18H,4-6,9-14,23-24H2,(H,28,30)(H,29,31)(H,32,33)(H4,25,26,27)/t16-,17-,18-/m0/s1. The van der Waals surface area contributed by atoms with E-state index in [2.05, 4.69) is 16.0 Å². The van der Waals surface area contributed by atoms with Crippen molar-refractivity contribution in [2.75, 3.05) is 13.1 Å². The lowest BCUT2D eigenvalue weighted by atomic mass is 10.0. The summed E-state index contributed by atoms with van der Waals surface area (Å²) in [7, 11) is 0. The van der Waals surface area contributed by atoms with Gasteiger partial charge in [0.05, 0.1) is 6.04 Å². The molecule has 11 nitrogen and oxygen atoms in total. The van der Waals surface area contributed by atoms with Gasteiger partial charge in [-0.1, -0.05) is 30.3 Å². The second kappa shape index (κ2) is 15.6. The SMILES string of the molecule is N=C(N)NCCC[C@H](NC(=O)[C@@H](N)CCc1ccccc1)C(=O)N[C@@H](CCCCN)C(=O)O. The Kier molecular flexibility index (Phi) is 13.2. The molecule has 0 saturated carbocycles. The van der Waals surface area contributed by atoms with Gasteiger partial charge in [-0.25, -0.2) is 4.79 Å². The molecule has 0 fully saturated rings. The van der Waals surface area contributed by atoms with Gasteiger partial charge in [-0.2, -0.15) is 0 Å². The van der Waals surface area contributed by atoms with Gasteiger partial charge in [-0.3, -0.25) is 15.0 Å². The molecule has 0 aromatic heterocycles. The molecule has 11 N–H and O–H groups in total. The van der Waals surface area contributed by atoms with E-state index in [9.17, 15) is 19.5 Å². The number of amides is 2. The molecule has 0 aliphatic carbocycles. The van der Waals surface area contributed by atoms with Crippen molar-refractivity contribution < 1.29 is 19.5 Å². The van der Waals surface area contributed by atoms with Gasteiger partial charge in [0.1, 0.15) is 12.1 Å². The van der Waals surface area contributed by atoms with Gasteiger partial charge in [-0.15, -0.1) is 0 Å². The molecule has 0 bridgehead atoms. The summed E-state index contributed by atoms with van der Waals surface area (Å²) in [5, 5.41) is 24.4. The van der Waals surface area contributed by atoms with Crippen molar-refractivity contribution in [1.29, 1.82) is 5.41 Å². The van der Waals surface area contributed by atoms with Crippen LogP contribution in [-0.2, 0) is 20.8 Å². The van der Waals surface area contributed by atoms with Crippen molar-refractivity contribution in [2.24, 2.45) is 17.2 Å². The number of aliphatic carboxylic acids is 1. The van der Waals surface area contributed by atoms with E-state index in [-0.39, 0.29) is 18.8 Å². The van der Waals surface area contributed by atoms with Crippen molar-refractivity contribution in [3.05, 3.63) is 35.9 Å². The molecule has 3 atom stereocenters. The summed E-state index contributed by atoms with van der Waals surface area (Å²) in [6.07, 6.45) is 3.08. The molecule has 0 saturated heterocycles. The van der Waals surface area contributed by atoms with Crippen LogP contribution >= 0.6 is 0 Å². The summed E-state index contributed by atoms with van der Waals surface area (Å²) in [6, 6.07) is 6.73. The maximum Gasteiger partial charge on any atom is 0.326 e. The first-order valence-corrected chi connectivity index (χ1v) is 11.2. The Morgan fingerprint density at radius 3 is 2.18 bits per heavy atom. The van der Waals surface area contributed by atoms with E-state index in [4.69, 9.17) is 22.6 Å². The molecule has 0 spiro atoms. The number of hydrogen-bond acceptors (Lipinski definition) is 6. The minimum absolute atomic E-state index is 0.200. The topological polar surface area (TPSA) is 209 Å². The zero-order chi connectivity index (χ0) is 24.6. The lowest BCUT2D eigenvalue weighted by Crippen LogP contribution is -2.54. The number of unbranched alkanes of at least 4 members (excludes halogenated alkanes) is 1. The number of rotatable bonds is 16. The van der Waals surface area contributed by atoms with Gasteiger partial charge in [0, 0.05) is 6.54 Å². The smallest absolute Gasteiger partial charge is 0.326 e. The average molecular weight is 464 g/mol. The zero-order valence-corrected chi connectivity index (χ0v) is 18.9. The highest BCUT2D eigenvalue weighted by Gasteiger charge is 2.27. The van der Waals surface area contributed by atoms with Crippen LogP contribution in [0.3, 0.4) is 0 Å². The highest BCUT2D eigenvalue weighted by atomic mass is 16.4. The molecule has 2 amide bonds. The quantitative estimate of drug-likeness (QED) is 0.0898. The van der Waals surface area contributed by atoms with Crippen LogP contribution in [0.15, 0.2) is 30.3 Å². The number of guanidine groups is 1. The second-order valence-corrected chi connectivity index (χ2v) is 7.86. The first-order valence-electron chi connectivity index (χ1n) is 11.2. The lowest BCUT2D eigenvalue weighted by molar-refractivity contribution is -0.142. The summed E-state index contributed by atoms with van der Waals surface area (Å²) in [5.74, 6) is -2.43. The van der Waals surface area contributed by atoms with Crippen LogP contribution in [-0.4, -0.2) is 60.1 Å². The second-order valence-electron chi connectivity index (χ2n) is 7.86. The van der Waals surface area contributed by atoms with E-state index < -0.39 is 35.9 Å². The molecule has 1 aromatic rings. The summed E-state index contributed by atoms with van der Waals surface area (Å²) in [4.78, 5) is 37.0. The normalized spacial score (nSPS) is 13.4. The fourth-order valence-electron chi connectivity index (χ4n) is 3.20. The van der Waals surface area contributed by atoms with E-state index in [0.29, 0.717) is 45.2 Å². The van der Waals surface area contributed by atoms with Gasteiger partial charge < -0.3 is 38.3 Å². The predicted octanol–water partition coefficient (Wildman–Crippen LogP) is -0.607. The van der Waals surface area contributed by atoms with Crippen LogP contribution in [0.5, 0.6) is 0 Å². The van der Waals surface area contributed by atoms with E-state index in [1.165, 1.54) is 0 Å². The molecule has 1 aromatic carbocycles. The van der Waals surface area contributed by atoms with Crippen molar-refractivity contribution >= 4 is 23.7 Å². The monoisotopic (exact) mass is 463 g/mol. The number of aryl methyl sites for hydroxylation is 1. The molecule has 0 radical (unpaired) electrons. The Hall–Kier alpha value is -3.18. The van der Waals surface area contributed by atoms with Gasteiger partial charge in [0.25, 0.3) is 0 Å². The molecule has 0 aliphatic rings. The molecule has 0 unspecified atom stereocenters. The largest absolute Gasteiger partial charge is 0.480 e. The van der Waals surface area contributed by atoms with Crippen LogP contribution < -0.4 is 33.2 Å². The van der Waals surface area contributed by atoms with E-state index >= 15 is 0 Å². The Morgan fingerprint density at radius 1 is 0.939 bits per heavy atom. The van der Waals surface area contributed by atoms with Gasteiger partial charge in [0.15, 0.2) is 5.96 Å². The average Bonchev–Trinajstić information content (AvgIpc) is 2.78. The number of benzene rings is 1. The summed E-state index contributed by atoms with van der Waals surface area (Å²) in [6.45, 7) is 0.761. The number of nitrogens with two attached hydrogens (primary N) is 3. The Bertz CT molecular complexity index is 760. The molecular formula is C22H37N7O4. The molecular weight excluding hydrogens is 426 g/mol. The molecule has 11 heteroatoms. The van der Waals surface area contributed by atoms with Crippen LogP contribution in [0.4, 0.5) is 0 Å². The lowest BCUT2D eigenvalue weighted by Gasteiger charge is -2.23. The fourth-order valence-corrected chi connectivity index (χ4v) is 3.20. The third-order valence-corrected chi connectivity index (χ3v) is 5.10.